The molecule has 4 nitrogen and oxygen atoms in total. The molecule has 2 atom stereocenters. The maximum absolute atomic E-state index is 6.03. The molecule has 0 saturated carbocycles. The number of aromatic nitrogens is 1. The highest BCUT2D eigenvalue weighted by Crippen LogP contribution is 2.31. The molecule has 2 unspecified atom stereocenters. The highest BCUT2D eigenvalue weighted by molar-refractivity contribution is 5.98. The second kappa shape index (κ2) is 4.70. The van der Waals surface area contributed by atoms with Gasteiger partial charge in [-0.2, -0.15) is 0 Å². The van der Waals surface area contributed by atoms with E-state index in [-0.39, 0.29) is 6.10 Å². The Balaban J connectivity index is 2.12. The minimum absolute atomic E-state index is 0.243. The Hall–Kier alpha value is -1.81. The zero-order chi connectivity index (χ0) is 13.4. The van der Waals surface area contributed by atoms with Crippen molar-refractivity contribution < 1.29 is 4.74 Å². The lowest BCUT2D eigenvalue weighted by Gasteiger charge is -2.38. The van der Waals surface area contributed by atoms with Crippen LogP contribution in [-0.4, -0.2) is 30.3 Å². The minimum Gasteiger partial charge on any atom is -0.398 e. The maximum Gasteiger partial charge on any atom is 0.0956 e. The first-order valence-corrected chi connectivity index (χ1v) is 6.68. The van der Waals surface area contributed by atoms with E-state index in [1.165, 1.54) is 0 Å². The van der Waals surface area contributed by atoms with Gasteiger partial charge in [0.2, 0.25) is 0 Å². The molecule has 100 valence electrons. The fraction of sp³-hybridized carbons (Fsp3) is 0.400. The van der Waals surface area contributed by atoms with Crippen molar-refractivity contribution in [3.63, 3.8) is 0 Å². The molecular weight excluding hydrogens is 238 g/mol. The molecule has 0 aliphatic carbocycles. The maximum atomic E-state index is 6.03. The first-order chi connectivity index (χ1) is 9.16. The van der Waals surface area contributed by atoms with Gasteiger partial charge >= 0.3 is 0 Å². The summed E-state index contributed by atoms with van der Waals surface area (Å²) in [5.41, 5.74) is 8.93. The van der Waals surface area contributed by atoms with Crippen LogP contribution in [0.5, 0.6) is 0 Å². The van der Waals surface area contributed by atoms with Crippen molar-refractivity contribution in [3.8, 4) is 0 Å². The number of nitrogen functional groups attached to an aromatic ring is 1. The lowest BCUT2D eigenvalue weighted by molar-refractivity contribution is 0.0345. The van der Waals surface area contributed by atoms with Gasteiger partial charge in [0.1, 0.15) is 0 Å². The highest BCUT2D eigenvalue weighted by atomic mass is 16.5. The lowest BCUT2D eigenvalue weighted by Crippen LogP contribution is -2.47. The molecule has 1 fully saturated rings. The molecule has 1 aliphatic rings. The second-order valence-corrected chi connectivity index (χ2v) is 5.22. The summed E-state index contributed by atoms with van der Waals surface area (Å²) in [4.78, 5) is 6.88. The van der Waals surface area contributed by atoms with E-state index in [4.69, 9.17) is 10.5 Å². The van der Waals surface area contributed by atoms with Gasteiger partial charge in [0.25, 0.3) is 0 Å². The summed E-state index contributed by atoms with van der Waals surface area (Å²) in [7, 11) is 0. The van der Waals surface area contributed by atoms with E-state index in [1.54, 1.807) is 0 Å². The summed E-state index contributed by atoms with van der Waals surface area (Å²) >= 11 is 0. The lowest BCUT2D eigenvalue weighted by atomic mass is 10.1. The quantitative estimate of drug-likeness (QED) is 0.797. The van der Waals surface area contributed by atoms with Crippen LogP contribution in [0, 0.1) is 0 Å². The number of nitrogens with zero attached hydrogens (tertiary/aromatic N) is 2. The smallest absolute Gasteiger partial charge is 0.0956 e. The highest BCUT2D eigenvalue weighted by Gasteiger charge is 2.25. The molecule has 0 bridgehead atoms. The molecule has 0 radical (unpaired) electrons. The topological polar surface area (TPSA) is 51.4 Å². The van der Waals surface area contributed by atoms with Crippen LogP contribution in [0.15, 0.2) is 30.5 Å². The average molecular weight is 257 g/mol. The third-order valence-corrected chi connectivity index (χ3v) is 3.70. The van der Waals surface area contributed by atoms with Crippen LogP contribution in [-0.2, 0) is 4.74 Å². The predicted molar refractivity (Wildman–Crippen MR) is 78.4 cm³/mol. The summed E-state index contributed by atoms with van der Waals surface area (Å²) in [5, 5.41) is 1.02. The van der Waals surface area contributed by atoms with E-state index in [2.05, 4.69) is 29.8 Å². The van der Waals surface area contributed by atoms with Gasteiger partial charge in [0.15, 0.2) is 0 Å². The van der Waals surface area contributed by atoms with Gasteiger partial charge in [-0.3, -0.25) is 4.98 Å². The molecule has 4 heteroatoms. The summed E-state index contributed by atoms with van der Waals surface area (Å²) in [6.45, 7) is 5.92. The summed E-state index contributed by atoms with van der Waals surface area (Å²) in [5.74, 6) is 0. The zero-order valence-electron chi connectivity index (χ0n) is 11.3. The number of hydrogen-bond donors (Lipinski definition) is 1. The van der Waals surface area contributed by atoms with Gasteiger partial charge in [-0.1, -0.05) is 0 Å². The number of hydrogen-bond acceptors (Lipinski definition) is 4. The molecule has 1 aromatic heterocycles. The number of ether oxygens (including phenoxy) is 1. The van der Waals surface area contributed by atoms with Crippen molar-refractivity contribution in [1.82, 2.24) is 4.98 Å². The van der Waals surface area contributed by atoms with E-state index in [1.807, 2.05) is 24.4 Å². The number of pyridine rings is 1. The van der Waals surface area contributed by atoms with Crippen molar-refractivity contribution in [1.29, 1.82) is 0 Å². The monoisotopic (exact) mass is 257 g/mol. The van der Waals surface area contributed by atoms with Crippen LogP contribution < -0.4 is 10.6 Å². The van der Waals surface area contributed by atoms with Crippen LogP contribution in [0.25, 0.3) is 10.9 Å². The van der Waals surface area contributed by atoms with Crippen molar-refractivity contribution in [3.05, 3.63) is 30.5 Å². The number of morpholine rings is 1. The molecular formula is C15H19N3O. The van der Waals surface area contributed by atoms with Gasteiger partial charge < -0.3 is 15.4 Å². The molecule has 1 aliphatic heterocycles. The molecule has 2 aromatic rings. The third kappa shape index (κ3) is 2.12. The first kappa shape index (κ1) is 12.2. The molecule has 19 heavy (non-hydrogen) atoms. The molecule has 2 heterocycles. The molecule has 1 saturated heterocycles. The van der Waals surface area contributed by atoms with Crippen molar-refractivity contribution >= 4 is 22.3 Å². The van der Waals surface area contributed by atoms with Crippen LogP contribution in [0.3, 0.4) is 0 Å². The standard InChI is InChI=1S/C15H19N3O/c1-10-9-19-11(2)8-18(10)14-6-5-13(16)12-4-3-7-17-15(12)14/h3-7,10-11H,8-9,16H2,1-2H3. The largest absolute Gasteiger partial charge is 0.398 e. The van der Waals surface area contributed by atoms with Crippen LogP contribution >= 0.6 is 0 Å². The van der Waals surface area contributed by atoms with E-state index in [0.717, 1.165) is 35.4 Å². The van der Waals surface area contributed by atoms with Crippen molar-refractivity contribution in [2.45, 2.75) is 26.0 Å². The summed E-state index contributed by atoms with van der Waals surface area (Å²) in [6, 6.07) is 8.33. The van der Waals surface area contributed by atoms with Crippen LogP contribution in [0.4, 0.5) is 11.4 Å². The Kier molecular flexibility index (Phi) is 3.03. The molecule has 0 spiro atoms. The minimum atomic E-state index is 0.243. The van der Waals surface area contributed by atoms with Gasteiger partial charge in [-0.25, -0.2) is 0 Å². The van der Waals surface area contributed by atoms with E-state index >= 15 is 0 Å². The molecule has 0 amide bonds. The van der Waals surface area contributed by atoms with E-state index in [0.29, 0.717) is 6.04 Å². The van der Waals surface area contributed by atoms with E-state index in [9.17, 15) is 0 Å². The molecule has 2 N–H and O–H groups in total. The van der Waals surface area contributed by atoms with Gasteiger partial charge in [0, 0.05) is 29.9 Å². The Morgan fingerprint density at radius 2 is 2.16 bits per heavy atom. The SMILES string of the molecule is CC1CN(c2ccc(N)c3cccnc23)C(C)CO1. The summed E-state index contributed by atoms with van der Waals surface area (Å²) < 4.78 is 5.69. The number of rotatable bonds is 1. The van der Waals surface area contributed by atoms with Crippen LogP contribution in [0.2, 0.25) is 0 Å². The van der Waals surface area contributed by atoms with Gasteiger partial charge in [0.05, 0.1) is 23.9 Å². The van der Waals surface area contributed by atoms with Gasteiger partial charge in [-0.15, -0.1) is 0 Å². The Morgan fingerprint density at radius 1 is 1.32 bits per heavy atom. The Bertz CT molecular complexity index is 599. The normalized spacial score (nSPS) is 23.8. The Morgan fingerprint density at radius 3 is 3.00 bits per heavy atom. The second-order valence-electron chi connectivity index (χ2n) is 5.22. The Labute approximate surface area is 113 Å². The van der Waals surface area contributed by atoms with Crippen LogP contribution in [0.1, 0.15) is 13.8 Å². The third-order valence-electron chi connectivity index (χ3n) is 3.70. The fourth-order valence-corrected chi connectivity index (χ4v) is 2.65. The molecule has 3 rings (SSSR count). The average Bonchev–Trinajstić information content (AvgIpc) is 2.43. The molecule has 1 aromatic carbocycles. The van der Waals surface area contributed by atoms with Gasteiger partial charge in [-0.05, 0) is 38.1 Å². The van der Waals surface area contributed by atoms with E-state index < -0.39 is 0 Å². The fourth-order valence-electron chi connectivity index (χ4n) is 2.65. The number of nitrogens with two attached hydrogens (primary N) is 1. The number of benzene rings is 1. The number of fused-ring (bicyclic) bond motifs is 1. The predicted octanol–water partition coefficient (Wildman–Crippen LogP) is 2.43. The number of anilines is 2. The van der Waals surface area contributed by atoms with Crippen molar-refractivity contribution in [2.24, 2.45) is 0 Å². The van der Waals surface area contributed by atoms with Crippen molar-refractivity contribution in [2.75, 3.05) is 23.8 Å². The first-order valence-electron chi connectivity index (χ1n) is 6.68. The zero-order valence-corrected chi connectivity index (χ0v) is 11.3. The summed E-state index contributed by atoms with van der Waals surface area (Å²) in [6.07, 6.45) is 2.06.